The Morgan fingerprint density at radius 1 is 1.13 bits per heavy atom. The molecule has 0 spiro atoms. The summed E-state index contributed by atoms with van der Waals surface area (Å²) in [6.45, 7) is 11.4. The van der Waals surface area contributed by atoms with Gasteiger partial charge in [0.1, 0.15) is 0 Å². The monoisotopic (exact) mass is 332 g/mol. The van der Waals surface area contributed by atoms with Gasteiger partial charge < -0.3 is 9.30 Å². The Bertz CT molecular complexity index is 655. The molecule has 23 heavy (non-hydrogen) atoms. The smallest absolute Gasteiger partial charge is 0.0594 e. The van der Waals surface area contributed by atoms with Crippen LogP contribution < -0.4 is 0 Å². The molecule has 124 valence electrons. The molecule has 2 aromatic rings. The van der Waals surface area contributed by atoms with E-state index < -0.39 is 0 Å². The third-order valence-corrected chi connectivity index (χ3v) is 4.80. The second kappa shape index (κ2) is 7.08. The summed E-state index contributed by atoms with van der Waals surface area (Å²) in [6.07, 6.45) is 0. The molecule has 0 unspecified atom stereocenters. The van der Waals surface area contributed by atoms with Crippen LogP contribution in [0.3, 0.4) is 0 Å². The number of halogens is 1. The van der Waals surface area contributed by atoms with Crippen molar-refractivity contribution in [2.75, 3.05) is 26.3 Å². The van der Waals surface area contributed by atoms with Crippen LogP contribution in [0, 0.1) is 6.92 Å². The molecule has 3 nitrogen and oxygen atoms in total. The minimum atomic E-state index is 0.430. The summed E-state index contributed by atoms with van der Waals surface area (Å²) in [7, 11) is 0. The van der Waals surface area contributed by atoms with Crippen molar-refractivity contribution in [3.63, 3.8) is 0 Å². The molecule has 1 aromatic carbocycles. The van der Waals surface area contributed by atoms with Crippen LogP contribution >= 0.6 is 11.6 Å². The largest absolute Gasteiger partial charge is 0.379 e. The molecule has 1 aliphatic rings. The number of aromatic nitrogens is 1. The summed E-state index contributed by atoms with van der Waals surface area (Å²) in [6, 6.07) is 10.9. The zero-order valence-electron chi connectivity index (χ0n) is 14.2. The first kappa shape index (κ1) is 16.6. The Hall–Kier alpha value is -1.29. The Morgan fingerprint density at radius 2 is 1.78 bits per heavy atom. The Balaban J connectivity index is 1.95. The zero-order chi connectivity index (χ0) is 16.4. The van der Waals surface area contributed by atoms with Crippen molar-refractivity contribution in [1.82, 2.24) is 9.47 Å². The topological polar surface area (TPSA) is 17.4 Å². The van der Waals surface area contributed by atoms with E-state index in [1.54, 1.807) is 0 Å². The first-order valence-electron chi connectivity index (χ1n) is 8.33. The molecular formula is C19H25ClN2O. The van der Waals surface area contributed by atoms with E-state index in [0.29, 0.717) is 6.04 Å². The lowest BCUT2D eigenvalue weighted by molar-refractivity contribution is 0.0341. The maximum atomic E-state index is 6.04. The second-order valence-electron chi connectivity index (χ2n) is 6.50. The van der Waals surface area contributed by atoms with E-state index in [-0.39, 0.29) is 0 Å². The summed E-state index contributed by atoms with van der Waals surface area (Å²) in [5.41, 5.74) is 5.26. The first-order valence-corrected chi connectivity index (χ1v) is 8.71. The van der Waals surface area contributed by atoms with Crippen LogP contribution in [0.1, 0.15) is 31.1 Å². The number of rotatable bonds is 4. The van der Waals surface area contributed by atoms with Crippen LogP contribution in [0.15, 0.2) is 30.3 Å². The third-order valence-electron chi connectivity index (χ3n) is 4.55. The number of nitrogens with zero attached hydrogens (tertiary/aromatic N) is 2. The number of morpholine rings is 1. The lowest BCUT2D eigenvalue weighted by atomic mass is 10.1. The lowest BCUT2D eigenvalue weighted by Gasteiger charge is -2.26. The van der Waals surface area contributed by atoms with Crippen LogP contribution in [0.4, 0.5) is 0 Å². The molecule has 2 heterocycles. The van der Waals surface area contributed by atoms with Gasteiger partial charge in [0.2, 0.25) is 0 Å². The molecular weight excluding hydrogens is 308 g/mol. The predicted molar refractivity (Wildman–Crippen MR) is 96.1 cm³/mol. The fraction of sp³-hybridized carbons (Fsp3) is 0.474. The summed E-state index contributed by atoms with van der Waals surface area (Å²) >= 11 is 6.04. The summed E-state index contributed by atoms with van der Waals surface area (Å²) in [5.74, 6) is 0. The van der Waals surface area contributed by atoms with Gasteiger partial charge in [0, 0.05) is 42.1 Å². The van der Waals surface area contributed by atoms with Gasteiger partial charge in [-0.1, -0.05) is 23.7 Å². The van der Waals surface area contributed by atoms with Crippen LogP contribution in [0.5, 0.6) is 0 Å². The molecule has 0 atom stereocenters. The molecule has 0 bridgehead atoms. The molecule has 1 fully saturated rings. The van der Waals surface area contributed by atoms with E-state index in [0.717, 1.165) is 37.9 Å². The minimum Gasteiger partial charge on any atom is -0.379 e. The highest BCUT2D eigenvalue weighted by molar-refractivity contribution is 6.30. The summed E-state index contributed by atoms with van der Waals surface area (Å²) in [4.78, 5) is 2.47. The first-order chi connectivity index (χ1) is 11.1. The maximum absolute atomic E-state index is 6.04. The van der Waals surface area contributed by atoms with Crippen LogP contribution in [-0.2, 0) is 11.3 Å². The van der Waals surface area contributed by atoms with E-state index in [1.807, 2.05) is 12.1 Å². The van der Waals surface area contributed by atoms with E-state index in [1.165, 1.54) is 22.5 Å². The Kier molecular flexibility index (Phi) is 5.10. The van der Waals surface area contributed by atoms with Gasteiger partial charge >= 0.3 is 0 Å². The van der Waals surface area contributed by atoms with Gasteiger partial charge in [-0.3, -0.25) is 4.90 Å². The molecule has 1 aromatic heterocycles. The standard InChI is InChI=1S/C19H25ClN2O/c1-14(2)22-15(3)17(13-21-8-10-23-11-9-21)12-19(22)16-4-6-18(20)7-5-16/h4-7,12,14H,8-11,13H2,1-3H3. The third kappa shape index (κ3) is 3.63. The van der Waals surface area contributed by atoms with Crippen molar-refractivity contribution >= 4 is 11.6 Å². The maximum Gasteiger partial charge on any atom is 0.0594 e. The van der Waals surface area contributed by atoms with Crippen LogP contribution in [0.25, 0.3) is 11.3 Å². The number of ether oxygens (including phenoxy) is 1. The quantitative estimate of drug-likeness (QED) is 0.818. The van der Waals surface area contributed by atoms with E-state index in [9.17, 15) is 0 Å². The van der Waals surface area contributed by atoms with Crippen LogP contribution in [0.2, 0.25) is 5.02 Å². The van der Waals surface area contributed by atoms with Gasteiger partial charge in [-0.05, 0) is 50.1 Å². The van der Waals surface area contributed by atoms with E-state index in [4.69, 9.17) is 16.3 Å². The normalized spacial score (nSPS) is 16.2. The van der Waals surface area contributed by atoms with Crippen molar-refractivity contribution < 1.29 is 4.74 Å². The minimum absolute atomic E-state index is 0.430. The molecule has 3 rings (SSSR count). The average Bonchev–Trinajstić information content (AvgIpc) is 2.86. The molecule has 1 aliphatic heterocycles. The molecule has 0 aliphatic carbocycles. The zero-order valence-corrected chi connectivity index (χ0v) is 14.9. The van der Waals surface area contributed by atoms with E-state index >= 15 is 0 Å². The van der Waals surface area contributed by atoms with Crippen molar-refractivity contribution in [1.29, 1.82) is 0 Å². The van der Waals surface area contributed by atoms with Crippen molar-refractivity contribution in [2.45, 2.75) is 33.4 Å². The molecule has 0 N–H and O–H groups in total. The summed E-state index contributed by atoms with van der Waals surface area (Å²) in [5, 5.41) is 0.779. The Morgan fingerprint density at radius 3 is 2.39 bits per heavy atom. The lowest BCUT2D eigenvalue weighted by Crippen LogP contribution is -2.35. The number of hydrogen-bond donors (Lipinski definition) is 0. The van der Waals surface area contributed by atoms with E-state index in [2.05, 4.69) is 48.4 Å². The van der Waals surface area contributed by atoms with Gasteiger partial charge in [0.25, 0.3) is 0 Å². The van der Waals surface area contributed by atoms with Crippen LogP contribution in [-0.4, -0.2) is 35.8 Å². The van der Waals surface area contributed by atoms with Gasteiger partial charge in [0.05, 0.1) is 13.2 Å². The summed E-state index contributed by atoms with van der Waals surface area (Å²) < 4.78 is 7.89. The SMILES string of the molecule is Cc1c(CN2CCOCC2)cc(-c2ccc(Cl)cc2)n1C(C)C. The number of benzene rings is 1. The van der Waals surface area contributed by atoms with Crippen molar-refractivity contribution in [3.05, 3.63) is 46.6 Å². The van der Waals surface area contributed by atoms with Crippen molar-refractivity contribution in [2.24, 2.45) is 0 Å². The fourth-order valence-electron chi connectivity index (χ4n) is 3.34. The highest BCUT2D eigenvalue weighted by Crippen LogP contribution is 2.30. The van der Waals surface area contributed by atoms with Gasteiger partial charge in [-0.15, -0.1) is 0 Å². The highest BCUT2D eigenvalue weighted by Gasteiger charge is 2.18. The number of hydrogen-bond acceptors (Lipinski definition) is 2. The van der Waals surface area contributed by atoms with Gasteiger partial charge in [-0.25, -0.2) is 0 Å². The van der Waals surface area contributed by atoms with Gasteiger partial charge in [-0.2, -0.15) is 0 Å². The van der Waals surface area contributed by atoms with Crippen molar-refractivity contribution in [3.8, 4) is 11.3 Å². The van der Waals surface area contributed by atoms with Gasteiger partial charge in [0.15, 0.2) is 0 Å². The second-order valence-corrected chi connectivity index (χ2v) is 6.94. The molecule has 0 radical (unpaired) electrons. The molecule has 0 amide bonds. The molecule has 4 heteroatoms. The fourth-order valence-corrected chi connectivity index (χ4v) is 3.47. The average molecular weight is 333 g/mol. The Labute approximate surface area is 143 Å². The molecule has 0 saturated carbocycles. The molecule has 1 saturated heterocycles. The predicted octanol–water partition coefficient (Wildman–Crippen LogP) is 4.53. The highest BCUT2D eigenvalue weighted by atomic mass is 35.5.